The summed E-state index contributed by atoms with van der Waals surface area (Å²) in [6.07, 6.45) is 5.07. The van der Waals surface area contributed by atoms with Crippen molar-refractivity contribution in [1.29, 1.82) is 0 Å². The average molecular weight is 311 g/mol. The molecule has 63 valence electrons. The summed E-state index contributed by atoms with van der Waals surface area (Å²) in [5, 5.41) is 0. The predicted molar refractivity (Wildman–Crippen MR) is 54.2 cm³/mol. The molecule has 0 heterocycles. The molecule has 0 bridgehead atoms. The van der Waals surface area contributed by atoms with Crippen LogP contribution in [0.15, 0.2) is 0 Å². The van der Waals surface area contributed by atoms with Gasteiger partial charge in [-0.15, -0.1) is 0 Å². The van der Waals surface area contributed by atoms with Crippen molar-refractivity contribution < 1.29 is 0 Å². The minimum absolute atomic E-state index is 1.10. The zero-order valence-electron chi connectivity index (χ0n) is 6.25. The number of rotatable bonds is 3. The standard InChI is InChI=1S/C6H13.3ClH.Sn.H/c1-3-5-6-4-2;;;;;/h1,3-6H2,2H3;3*1H;;/q;;;;+3;/p-3. The predicted octanol–water partition coefficient (Wildman–Crippen LogP) is 3.82. The molecule has 0 amide bonds. The van der Waals surface area contributed by atoms with Gasteiger partial charge in [-0.2, -0.15) is 0 Å². The SMILES string of the molecule is [CH2]CCCCC.[Cl][SnH]([Cl])[Cl]. The van der Waals surface area contributed by atoms with Gasteiger partial charge in [0.05, 0.1) is 0 Å². The fourth-order valence-corrected chi connectivity index (χ4v) is 0.427. The molecule has 0 aromatic rings. The molecular formula is C6H14Cl3Sn. The van der Waals surface area contributed by atoms with E-state index in [9.17, 15) is 0 Å². The number of hydrogen-bond acceptors (Lipinski definition) is 0. The van der Waals surface area contributed by atoms with Gasteiger partial charge in [0.1, 0.15) is 0 Å². The fraction of sp³-hybridized carbons (Fsp3) is 0.833. The molecule has 0 saturated heterocycles. The first-order valence-corrected chi connectivity index (χ1v) is 15.9. The van der Waals surface area contributed by atoms with Crippen LogP contribution in [0.3, 0.4) is 0 Å². The third-order valence-corrected chi connectivity index (χ3v) is 0.854. The van der Waals surface area contributed by atoms with Crippen molar-refractivity contribution >= 4 is 43.1 Å². The summed E-state index contributed by atoms with van der Waals surface area (Å²) in [6.45, 7) is 5.93. The van der Waals surface area contributed by atoms with Crippen molar-refractivity contribution in [2.45, 2.75) is 32.6 Å². The Balaban J connectivity index is 0. The van der Waals surface area contributed by atoms with Gasteiger partial charge < -0.3 is 0 Å². The van der Waals surface area contributed by atoms with Gasteiger partial charge >= 0.3 is 43.1 Å². The molecule has 0 aliphatic heterocycles. The zero-order chi connectivity index (χ0) is 8.41. The second-order valence-electron chi connectivity index (χ2n) is 1.81. The van der Waals surface area contributed by atoms with Crippen LogP contribution < -0.4 is 0 Å². The first-order valence-electron chi connectivity index (χ1n) is 3.36. The van der Waals surface area contributed by atoms with Gasteiger partial charge in [0, 0.05) is 0 Å². The van der Waals surface area contributed by atoms with Crippen molar-refractivity contribution in [3.05, 3.63) is 6.92 Å². The Morgan fingerprint density at radius 2 is 1.60 bits per heavy atom. The quantitative estimate of drug-likeness (QED) is 0.549. The third-order valence-electron chi connectivity index (χ3n) is 0.854. The Bertz CT molecular complexity index is 43.5. The monoisotopic (exact) mass is 311 g/mol. The van der Waals surface area contributed by atoms with Gasteiger partial charge in [0.2, 0.25) is 0 Å². The molecule has 0 aliphatic rings. The Morgan fingerprint density at radius 3 is 1.70 bits per heavy atom. The van der Waals surface area contributed by atoms with E-state index < -0.39 is 16.4 Å². The van der Waals surface area contributed by atoms with Crippen LogP contribution in [0.25, 0.3) is 0 Å². The normalized spacial score (nSPS) is 9.00. The molecule has 0 unspecified atom stereocenters. The van der Waals surface area contributed by atoms with Crippen LogP contribution in [0, 0.1) is 6.92 Å². The van der Waals surface area contributed by atoms with E-state index in [1.807, 2.05) is 0 Å². The topological polar surface area (TPSA) is 0 Å². The van der Waals surface area contributed by atoms with Gasteiger partial charge in [-0.1, -0.05) is 39.5 Å². The molecule has 0 aromatic carbocycles. The molecule has 0 rings (SSSR count). The van der Waals surface area contributed by atoms with Crippen molar-refractivity contribution in [3.8, 4) is 0 Å². The molecular weight excluding hydrogens is 297 g/mol. The van der Waals surface area contributed by atoms with E-state index in [0.29, 0.717) is 0 Å². The van der Waals surface area contributed by atoms with E-state index in [4.69, 9.17) is 26.8 Å². The maximum atomic E-state index is 5.02. The molecule has 0 N–H and O–H groups in total. The van der Waals surface area contributed by atoms with Crippen LogP contribution in [0.2, 0.25) is 0 Å². The Morgan fingerprint density at radius 1 is 1.20 bits per heavy atom. The van der Waals surface area contributed by atoms with E-state index in [1.54, 1.807) is 0 Å². The van der Waals surface area contributed by atoms with E-state index in [1.165, 1.54) is 19.3 Å². The molecule has 1 radical (unpaired) electrons. The molecule has 0 fully saturated rings. The van der Waals surface area contributed by atoms with Gasteiger partial charge in [0.25, 0.3) is 0 Å². The first-order chi connectivity index (χ1) is 4.65. The van der Waals surface area contributed by atoms with Crippen LogP contribution in [0.5, 0.6) is 0 Å². The summed E-state index contributed by atoms with van der Waals surface area (Å²) < 4.78 is 0. The van der Waals surface area contributed by atoms with Crippen molar-refractivity contribution in [3.63, 3.8) is 0 Å². The van der Waals surface area contributed by atoms with Crippen LogP contribution >= 0.6 is 26.8 Å². The van der Waals surface area contributed by atoms with E-state index in [-0.39, 0.29) is 0 Å². The first kappa shape index (κ1) is 14.2. The molecule has 0 aliphatic carbocycles. The van der Waals surface area contributed by atoms with Crippen LogP contribution in [0.4, 0.5) is 0 Å². The summed E-state index contributed by atoms with van der Waals surface area (Å²) in [7, 11) is 15.0. The summed E-state index contributed by atoms with van der Waals surface area (Å²) in [5.74, 6) is 0. The van der Waals surface area contributed by atoms with E-state index in [0.717, 1.165) is 6.42 Å². The van der Waals surface area contributed by atoms with Gasteiger partial charge in [-0.3, -0.25) is 0 Å². The second-order valence-corrected chi connectivity index (χ2v) is 16.5. The third kappa shape index (κ3) is 33.3. The Kier molecular flexibility index (Phi) is 18.9. The van der Waals surface area contributed by atoms with Crippen LogP contribution in [0.1, 0.15) is 32.6 Å². The van der Waals surface area contributed by atoms with E-state index >= 15 is 0 Å². The number of hydrogen-bond donors (Lipinski definition) is 0. The summed E-state index contributed by atoms with van der Waals surface area (Å²) >= 11 is -2.22. The van der Waals surface area contributed by atoms with Gasteiger partial charge in [-0.25, -0.2) is 0 Å². The molecule has 0 nitrogen and oxygen atoms in total. The summed E-state index contributed by atoms with van der Waals surface area (Å²) in [6, 6.07) is 0. The molecule has 0 spiro atoms. The zero-order valence-corrected chi connectivity index (χ0v) is 11.8. The number of unbranched alkanes of at least 4 members (excludes halogenated alkanes) is 3. The van der Waals surface area contributed by atoms with Crippen molar-refractivity contribution in [1.82, 2.24) is 0 Å². The molecule has 0 aromatic heterocycles. The summed E-state index contributed by atoms with van der Waals surface area (Å²) in [4.78, 5) is 0. The minimum atomic E-state index is -2.22. The summed E-state index contributed by atoms with van der Waals surface area (Å²) in [5.41, 5.74) is 0. The molecule has 0 atom stereocenters. The molecule has 10 heavy (non-hydrogen) atoms. The Labute approximate surface area is 82.1 Å². The number of halogens is 3. The Hall–Kier alpha value is 1.67. The molecule has 4 heteroatoms. The fourth-order valence-electron chi connectivity index (χ4n) is 0.427. The van der Waals surface area contributed by atoms with Crippen LogP contribution in [-0.4, -0.2) is 16.4 Å². The molecule has 0 saturated carbocycles. The van der Waals surface area contributed by atoms with Gasteiger partial charge in [0.15, 0.2) is 0 Å². The maximum absolute atomic E-state index is 5.02. The van der Waals surface area contributed by atoms with Crippen molar-refractivity contribution in [2.24, 2.45) is 0 Å². The van der Waals surface area contributed by atoms with Gasteiger partial charge in [-0.05, 0) is 0 Å². The second kappa shape index (κ2) is 13.3. The van der Waals surface area contributed by atoms with E-state index in [2.05, 4.69) is 13.8 Å². The average Bonchev–Trinajstić information content (AvgIpc) is 1.82. The van der Waals surface area contributed by atoms with Crippen molar-refractivity contribution in [2.75, 3.05) is 0 Å². The van der Waals surface area contributed by atoms with Crippen LogP contribution in [-0.2, 0) is 0 Å².